The van der Waals surface area contributed by atoms with Gasteiger partial charge in [0.25, 0.3) is 10.0 Å². The normalized spacial score (nSPS) is 13.3. The van der Waals surface area contributed by atoms with Crippen LogP contribution in [-0.2, 0) is 16.6 Å². The van der Waals surface area contributed by atoms with E-state index in [1.54, 1.807) is 6.07 Å². The molecule has 1 aromatic carbocycles. The Morgan fingerprint density at radius 3 is 2.45 bits per heavy atom. The fourth-order valence-corrected chi connectivity index (χ4v) is 2.34. The van der Waals surface area contributed by atoms with E-state index in [1.165, 1.54) is 6.07 Å². The Kier molecular flexibility index (Phi) is 4.49. The van der Waals surface area contributed by atoms with Crippen LogP contribution in [0, 0.1) is 0 Å². The molecule has 3 N–H and O–H groups in total. The molecule has 1 atom stereocenters. The predicted molar refractivity (Wildman–Crippen MR) is 76.8 cm³/mol. The maximum Gasteiger partial charge on any atom is 0.271 e. The topological polar surface area (TPSA) is 85.3 Å². The number of sulfonamides is 1. The zero-order valence-corrected chi connectivity index (χ0v) is 12.4. The zero-order valence-electron chi connectivity index (χ0n) is 10.8. The van der Waals surface area contributed by atoms with E-state index in [9.17, 15) is 8.42 Å². The average molecular weight is 315 g/mol. The number of nitrogens with one attached hydrogen (secondary N) is 1. The molecule has 0 radical (unpaired) electrons. The van der Waals surface area contributed by atoms with E-state index in [1.807, 2.05) is 31.2 Å². The molecule has 7 heteroatoms. The molecule has 1 heterocycles. The summed E-state index contributed by atoms with van der Waals surface area (Å²) in [6, 6.07) is 10.5. The summed E-state index contributed by atoms with van der Waals surface area (Å²) < 4.78 is 27.3. The first-order chi connectivity index (χ1) is 9.36. The lowest BCUT2D eigenvalue weighted by Gasteiger charge is -2.13. The minimum atomic E-state index is -3.79. The smallest absolute Gasteiger partial charge is 0.271 e. The first kappa shape index (κ1) is 15.1. The molecule has 0 amide bonds. The summed E-state index contributed by atoms with van der Waals surface area (Å²) in [5.41, 5.74) is 1.08. The fraction of sp³-hybridized carbons (Fsp3) is 0.231. The molecule has 0 aliphatic carbocycles. The summed E-state index contributed by atoms with van der Waals surface area (Å²) in [5.74, 6) is 0.509. The molecule has 5 nitrogen and oxygen atoms in total. The molecule has 1 aromatic heterocycles. The summed E-state index contributed by atoms with van der Waals surface area (Å²) in [6.07, 6.45) is 0. The Morgan fingerprint density at radius 2 is 1.90 bits per heavy atom. The molecule has 0 aliphatic rings. The van der Waals surface area contributed by atoms with Gasteiger partial charge in [-0.15, -0.1) is 0 Å². The zero-order chi connectivity index (χ0) is 14.8. The Morgan fingerprint density at radius 1 is 1.25 bits per heavy atom. The summed E-state index contributed by atoms with van der Waals surface area (Å²) in [4.78, 5) is 0. The van der Waals surface area contributed by atoms with Crippen molar-refractivity contribution in [2.24, 2.45) is 5.14 Å². The van der Waals surface area contributed by atoms with Crippen molar-refractivity contribution >= 4 is 21.6 Å². The van der Waals surface area contributed by atoms with Gasteiger partial charge in [-0.2, -0.15) is 0 Å². The molecule has 0 spiro atoms. The third-order valence-electron chi connectivity index (χ3n) is 2.87. The number of benzene rings is 1. The number of rotatable bonds is 5. The lowest BCUT2D eigenvalue weighted by Crippen LogP contribution is -2.17. The fourth-order valence-electron chi connectivity index (χ4n) is 1.73. The third-order valence-corrected chi connectivity index (χ3v) is 3.90. The highest BCUT2D eigenvalue weighted by Crippen LogP contribution is 2.17. The van der Waals surface area contributed by atoms with Crippen molar-refractivity contribution in [3.63, 3.8) is 0 Å². The van der Waals surface area contributed by atoms with Crippen molar-refractivity contribution in [3.05, 3.63) is 52.7 Å². The van der Waals surface area contributed by atoms with Crippen LogP contribution in [0.15, 0.2) is 45.9 Å². The van der Waals surface area contributed by atoms with E-state index in [4.69, 9.17) is 21.2 Å². The second-order valence-electron chi connectivity index (χ2n) is 4.42. The summed E-state index contributed by atoms with van der Waals surface area (Å²) >= 11 is 5.83. The molecular weight excluding hydrogens is 300 g/mol. The summed E-state index contributed by atoms with van der Waals surface area (Å²) in [6.45, 7) is 2.39. The van der Waals surface area contributed by atoms with Crippen LogP contribution in [0.5, 0.6) is 0 Å². The van der Waals surface area contributed by atoms with Crippen LogP contribution in [0.3, 0.4) is 0 Å². The molecule has 0 aliphatic heterocycles. The first-order valence-corrected chi connectivity index (χ1v) is 7.89. The molecule has 2 rings (SSSR count). The van der Waals surface area contributed by atoms with E-state index in [0.29, 0.717) is 17.3 Å². The maximum absolute atomic E-state index is 11.1. The predicted octanol–water partition coefficient (Wildman–Crippen LogP) is 2.43. The van der Waals surface area contributed by atoms with Gasteiger partial charge in [0.2, 0.25) is 5.09 Å². The number of hydrogen-bond donors (Lipinski definition) is 2. The van der Waals surface area contributed by atoms with Gasteiger partial charge < -0.3 is 9.73 Å². The van der Waals surface area contributed by atoms with Crippen LogP contribution >= 0.6 is 11.6 Å². The van der Waals surface area contributed by atoms with Crippen molar-refractivity contribution in [1.82, 2.24) is 5.32 Å². The van der Waals surface area contributed by atoms with Crippen LogP contribution in [-0.4, -0.2) is 8.42 Å². The Bertz CT molecular complexity index is 680. The molecule has 0 fully saturated rings. The monoisotopic (exact) mass is 314 g/mol. The number of halogens is 1. The SMILES string of the molecule is CC(NCc1ccc(S(N)(=O)=O)o1)c1ccc(Cl)cc1. The van der Waals surface area contributed by atoms with Crippen molar-refractivity contribution in [3.8, 4) is 0 Å². The minimum absolute atomic E-state index is 0.0790. The highest BCUT2D eigenvalue weighted by molar-refractivity contribution is 7.89. The van der Waals surface area contributed by atoms with E-state index >= 15 is 0 Å². The van der Waals surface area contributed by atoms with Gasteiger partial charge in [0.05, 0.1) is 6.54 Å². The van der Waals surface area contributed by atoms with E-state index in [2.05, 4.69) is 5.32 Å². The van der Waals surface area contributed by atoms with Crippen molar-refractivity contribution in [1.29, 1.82) is 0 Å². The molecule has 0 saturated carbocycles. The van der Waals surface area contributed by atoms with Crippen LogP contribution in [0.1, 0.15) is 24.3 Å². The average Bonchev–Trinajstić information content (AvgIpc) is 2.85. The number of primary sulfonamides is 1. The molecule has 1 unspecified atom stereocenters. The second kappa shape index (κ2) is 5.97. The molecule has 0 saturated heterocycles. The standard InChI is InChI=1S/C13H15ClN2O3S/c1-9(10-2-4-11(14)5-3-10)16-8-12-6-7-13(19-12)20(15,17)18/h2-7,9,16H,8H2,1H3,(H2,15,17,18). The Labute approximate surface area is 122 Å². The summed E-state index contributed by atoms with van der Waals surface area (Å²) in [5, 5.41) is 8.66. The number of nitrogens with two attached hydrogens (primary N) is 1. The lowest BCUT2D eigenvalue weighted by molar-refractivity contribution is 0.393. The van der Waals surface area contributed by atoms with Crippen molar-refractivity contribution in [2.75, 3.05) is 0 Å². The minimum Gasteiger partial charge on any atom is -0.447 e. The maximum atomic E-state index is 11.1. The molecular formula is C13H15ClN2O3S. The lowest BCUT2D eigenvalue weighted by atomic mass is 10.1. The van der Waals surface area contributed by atoms with Gasteiger partial charge in [0.1, 0.15) is 5.76 Å². The van der Waals surface area contributed by atoms with Crippen LogP contribution < -0.4 is 10.5 Å². The van der Waals surface area contributed by atoms with Gasteiger partial charge >= 0.3 is 0 Å². The van der Waals surface area contributed by atoms with Gasteiger partial charge in [-0.25, -0.2) is 13.6 Å². The largest absolute Gasteiger partial charge is 0.447 e. The van der Waals surface area contributed by atoms with Crippen molar-refractivity contribution < 1.29 is 12.8 Å². The van der Waals surface area contributed by atoms with E-state index in [0.717, 1.165) is 5.56 Å². The van der Waals surface area contributed by atoms with Gasteiger partial charge in [-0.1, -0.05) is 23.7 Å². The third kappa shape index (κ3) is 3.83. The Hall–Kier alpha value is -1.34. The van der Waals surface area contributed by atoms with E-state index < -0.39 is 10.0 Å². The molecule has 20 heavy (non-hydrogen) atoms. The summed E-state index contributed by atoms with van der Waals surface area (Å²) in [7, 11) is -3.79. The van der Waals surface area contributed by atoms with Gasteiger partial charge in [0.15, 0.2) is 0 Å². The number of hydrogen-bond acceptors (Lipinski definition) is 4. The second-order valence-corrected chi connectivity index (χ2v) is 6.35. The molecule has 0 bridgehead atoms. The van der Waals surface area contributed by atoms with Gasteiger partial charge in [0, 0.05) is 11.1 Å². The molecule has 108 valence electrons. The molecule has 2 aromatic rings. The van der Waals surface area contributed by atoms with Crippen LogP contribution in [0.25, 0.3) is 0 Å². The van der Waals surface area contributed by atoms with Gasteiger partial charge in [-0.3, -0.25) is 0 Å². The highest BCUT2D eigenvalue weighted by Gasteiger charge is 2.13. The quantitative estimate of drug-likeness (QED) is 0.887. The Balaban J connectivity index is 1.98. The highest BCUT2D eigenvalue weighted by atomic mass is 35.5. The van der Waals surface area contributed by atoms with E-state index in [-0.39, 0.29) is 11.1 Å². The van der Waals surface area contributed by atoms with Crippen molar-refractivity contribution in [2.45, 2.75) is 24.6 Å². The van der Waals surface area contributed by atoms with Crippen LogP contribution in [0.2, 0.25) is 5.02 Å². The van der Waals surface area contributed by atoms with Crippen LogP contribution in [0.4, 0.5) is 0 Å². The number of furan rings is 1. The van der Waals surface area contributed by atoms with Gasteiger partial charge in [-0.05, 0) is 36.8 Å². The first-order valence-electron chi connectivity index (χ1n) is 5.96.